The molecule has 4 N–H and O–H groups in total. The lowest BCUT2D eigenvalue weighted by Crippen LogP contribution is -2.41. The van der Waals surface area contributed by atoms with Gasteiger partial charge in [-0.3, -0.25) is 9.89 Å². The predicted octanol–water partition coefficient (Wildman–Crippen LogP) is 2.09. The zero-order valence-electron chi connectivity index (χ0n) is 11.7. The van der Waals surface area contributed by atoms with Crippen LogP contribution in [0.4, 0.5) is 0 Å². The second kappa shape index (κ2) is 7.26. The third-order valence-corrected chi connectivity index (χ3v) is 3.06. The van der Waals surface area contributed by atoms with E-state index < -0.39 is 0 Å². The fraction of sp³-hybridized carbons (Fsp3) is 0.429. The first-order valence-electron chi connectivity index (χ1n) is 6.56. The number of fused-ring (bicyclic) bond motifs is 1. The van der Waals surface area contributed by atoms with Crippen molar-refractivity contribution in [3.05, 3.63) is 30.0 Å². The van der Waals surface area contributed by atoms with Crippen LogP contribution in [0.3, 0.4) is 0 Å². The number of carbonyl (C=O) groups excluding carboxylic acids is 1. The Kier molecular flexibility index (Phi) is 5.98. The van der Waals surface area contributed by atoms with Gasteiger partial charge in [-0.15, -0.1) is 12.4 Å². The Balaban J connectivity index is 0.00000200. The summed E-state index contributed by atoms with van der Waals surface area (Å²) < 4.78 is 0. The molecule has 1 aromatic heterocycles. The number of halogens is 1. The summed E-state index contributed by atoms with van der Waals surface area (Å²) in [5, 5.41) is 10.7. The summed E-state index contributed by atoms with van der Waals surface area (Å²) in [4.78, 5) is 12.2. The van der Waals surface area contributed by atoms with Crippen molar-refractivity contribution < 1.29 is 4.79 Å². The van der Waals surface area contributed by atoms with E-state index in [1.54, 1.807) is 0 Å². The molecular weight excluding hydrogens is 276 g/mol. The predicted molar refractivity (Wildman–Crippen MR) is 83.1 cm³/mol. The normalized spacial score (nSPS) is 12.2. The molecule has 2 rings (SSSR count). The highest BCUT2D eigenvalue weighted by molar-refractivity contribution is 6.04. The lowest BCUT2D eigenvalue weighted by molar-refractivity contribution is 0.0930. The highest BCUT2D eigenvalue weighted by Gasteiger charge is 2.17. The SMILES string of the molecule is CC(C)CC(CN)NC(=O)c1n[nH]c2ccccc12.Cl. The van der Waals surface area contributed by atoms with E-state index in [1.165, 1.54) is 0 Å². The van der Waals surface area contributed by atoms with Crippen molar-refractivity contribution in [1.29, 1.82) is 0 Å². The van der Waals surface area contributed by atoms with Gasteiger partial charge in [0.25, 0.3) is 5.91 Å². The van der Waals surface area contributed by atoms with Gasteiger partial charge in [-0.2, -0.15) is 5.10 Å². The van der Waals surface area contributed by atoms with Crippen LogP contribution < -0.4 is 11.1 Å². The number of para-hydroxylation sites is 1. The molecule has 6 heteroatoms. The van der Waals surface area contributed by atoms with Crippen LogP contribution in [0.1, 0.15) is 30.8 Å². The number of nitrogens with zero attached hydrogens (tertiary/aromatic N) is 1. The van der Waals surface area contributed by atoms with Gasteiger partial charge in [-0.1, -0.05) is 32.0 Å². The summed E-state index contributed by atoms with van der Waals surface area (Å²) >= 11 is 0. The first kappa shape index (κ1) is 16.5. The van der Waals surface area contributed by atoms with Crippen molar-refractivity contribution in [2.75, 3.05) is 6.54 Å². The Labute approximate surface area is 124 Å². The number of aromatic amines is 1. The third kappa shape index (κ3) is 3.71. The zero-order valence-corrected chi connectivity index (χ0v) is 12.5. The Bertz CT molecular complexity index is 567. The average molecular weight is 297 g/mol. The van der Waals surface area contributed by atoms with E-state index in [2.05, 4.69) is 29.4 Å². The van der Waals surface area contributed by atoms with Gasteiger partial charge in [-0.05, 0) is 18.4 Å². The molecule has 0 saturated heterocycles. The fourth-order valence-electron chi connectivity index (χ4n) is 2.17. The van der Waals surface area contributed by atoms with E-state index in [-0.39, 0.29) is 24.4 Å². The molecule has 0 fully saturated rings. The van der Waals surface area contributed by atoms with Crippen LogP contribution in [0.25, 0.3) is 10.9 Å². The maximum Gasteiger partial charge on any atom is 0.272 e. The minimum absolute atomic E-state index is 0. The van der Waals surface area contributed by atoms with E-state index in [9.17, 15) is 4.79 Å². The number of hydrogen-bond donors (Lipinski definition) is 3. The average Bonchev–Trinajstić information content (AvgIpc) is 2.81. The van der Waals surface area contributed by atoms with Crippen molar-refractivity contribution in [1.82, 2.24) is 15.5 Å². The molecule has 2 aromatic rings. The van der Waals surface area contributed by atoms with E-state index >= 15 is 0 Å². The standard InChI is InChI=1S/C14H20N4O.ClH/c1-9(2)7-10(8-15)16-14(19)13-11-5-3-4-6-12(11)17-18-13;/h3-6,9-10H,7-8,15H2,1-2H3,(H,16,19)(H,17,18);1H. The van der Waals surface area contributed by atoms with Gasteiger partial charge in [0.15, 0.2) is 5.69 Å². The lowest BCUT2D eigenvalue weighted by Gasteiger charge is -2.18. The molecule has 1 heterocycles. The molecular formula is C14H21ClN4O. The van der Waals surface area contributed by atoms with Crippen molar-refractivity contribution >= 4 is 29.2 Å². The second-order valence-electron chi connectivity index (χ2n) is 5.15. The molecule has 1 atom stereocenters. The van der Waals surface area contributed by atoms with Crippen molar-refractivity contribution in [3.8, 4) is 0 Å². The summed E-state index contributed by atoms with van der Waals surface area (Å²) in [7, 11) is 0. The fourth-order valence-corrected chi connectivity index (χ4v) is 2.17. The molecule has 5 nitrogen and oxygen atoms in total. The van der Waals surface area contributed by atoms with Gasteiger partial charge in [0.1, 0.15) is 0 Å². The Hall–Kier alpha value is -1.59. The molecule has 0 aliphatic carbocycles. The van der Waals surface area contributed by atoms with Crippen LogP contribution in [0.2, 0.25) is 0 Å². The van der Waals surface area contributed by atoms with Gasteiger partial charge >= 0.3 is 0 Å². The van der Waals surface area contributed by atoms with Gasteiger partial charge in [-0.25, -0.2) is 0 Å². The van der Waals surface area contributed by atoms with Gasteiger partial charge in [0, 0.05) is 18.0 Å². The lowest BCUT2D eigenvalue weighted by atomic mass is 10.0. The summed E-state index contributed by atoms with van der Waals surface area (Å²) in [6, 6.07) is 7.57. The molecule has 0 spiro atoms. The number of benzene rings is 1. The minimum atomic E-state index is -0.173. The number of H-pyrrole nitrogens is 1. The second-order valence-corrected chi connectivity index (χ2v) is 5.15. The maximum absolute atomic E-state index is 12.2. The molecule has 20 heavy (non-hydrogen) atoms. The molecule has 1 aromatic carbocycles. The largest absolute Gasteiger partial charge is 0.347 e. The molecule has 0 bridgehead atoms. The first-order valence-corrected chi connectivity index (χ1v) is 6.56. The van der Waals surface area contributed by atoms with Gasteiger partial charge in [0.05, 0.1) is 5.52 Å². The summed E-state index contributed by atoms with van der Waals surface area (Å²) in [5.74, 6) is 0.318. The monoisotopic (exact) mass is 296 g/mol. The third-order valence-electron chi connectivity index (χ3n) is 3.06. The summed E-state index contributed by atoms with van der Waals surface area (Å²) in [6.07, 6.45) is 0.866. The summed E-state index contributed by atoms with van der Waals surface area (Å²) in [5.41, 5.74) is 6.98. The number of nitrogens with two attached hydrogens (primary N) is 1. The molecule has 110 valence electrons. The Morgan fingerprint density at radius 1 is 1.40 bits per heavy atom. The van der Waals surface area contributed by atoms with Gasteiger partial charge in [0.2, 0.25) is 0 Å². The molecule has 0 radical (unpaired) electrons. The smallest absolute Gasteiger partial charge is 0.272 e. The molecule has 1 amide bonds. The van der Waals surface area contributed by atoms with E-state index in [0.29, 0.717) is 18.2 Å². The van der Waals surface area contributed by atoms with Crippen LogP contribution in [0.5, 0.6) is 0 Å². The highest BCUT2D eigenvalue weighted by atomic mass is 35.5. The van der Waals surface area contributed by atoms with Crippen molar-refractivity contribution in [3.63, 3.8) is 0 Å². The zero-order chi connectivity index (χ0) is 13.8. The maximum atomic E-state index is 12.2. The van der Waals surface area contributed by atoms with Crippen LogP contribution in [0, 0.1) is 5.92 Å². The molecule has 1 unspecified atom stereocenters. The topological polar surface area (TPSA) is 83.8 Å². The molecule has 0 aliphatic rings. The van der Waals surface area contributed by atoms with Crippen LogP contribution in [-0.4, -0.2) is 28.7 Å². The van der Waals surface area contributed by atoms with Crippen molar-refractivity contribution in [2.24, 2.45) is 11.7 Å². The van der Waals surface area contributed by atoms with Crippen molar-refractivity contribution in [2.45, 2.75) is 26.3 Å². The molecule has 0 aliphatic heterocycles. The van der Waals surface area contributed by atoms with Gasteiger partial charge < -0.3 is 11.1 Å². The van der Waals surface area contributed by atoms with E-state index in [1.807, 2.05) is 24.3 Å². The Morgan fingerprint density at radius 3 is 2.75 bits per heavy atom. The Morgan fingerprint density at radius 2 is 2.10 bits per heavy atom. The van der Waals surface area contributed by atoms with Crippen LogP contribution >= 0.6 is 12.4 Å². The quantitative estimate of drug-likeness (QED) is 0.790. The number of amides is 1. The number of carbonyl (C=O) groups is 1. The van der Waals surface area contributed by atoms with Crippen LogP contribution in [-0.2, 0) is 0 Å². The summed E-state index contributed by atoms with van der Waals surface area (Å²) in [6.45, 7) is 4.66. The molecule has 0 saturated carbocycles. The highest BCUT2D eigenvalue weighted by Crippen LogP contribution is 2.15. The minimum Gasteiger partial charge on any atom is -0.347 e. The van der Waals surface area contributed by atoms with E-state index in [4.69, 9.17) is 5.73 Å². The first-order chi connectivity index (χ1) is 9.11. The number of hydrogen-bond acceptors (Lipinski definition) is 3. The van der Waals surface area contributed by atoms with E-state index in [0.717, 1.165) is 17.3 Å². The number of nitrogens with one attached hydrogen (secondary N) is 2. The number of rotatable bonds is 5. The van der Waals surface area contributed by atoms with Crippen LogP contribution in [0.15, 0.2) is 24.3 Å². The number of aromatic nitrogens is 2.